The van der Waals surface area contributed by atoms with Gasteiger partial charge in [0.2, 0.25) is 5.91 Å². The largest absolute Gasteiger partial charge is 0.497 e. The molecule has 1 fully saturated rings. The molecule has 0 aliphatic carbocycles. The summed E-state index contributed by atoms with van der Waals surface area (Å²) in [5.74, 6) is -2.22. The van der Waals surface area contributed by atoms with Crippen molar-refractivity contribution in [3.05, 3.63) is 60.2 Å². The number of methoxy groups -OCH3 is 1. The lowest BCUT2D eigenvalue weighted by Gasteiger charge is -2.16. The van der Waals surface area contributed by atoms with E-state index in [1.807, 2.05) is 30.3 Å². The number of fused-ring (bicyclic) bond motifs is 1. The van der Waals surface area contributed by atoms with Gasteiger partial charge in [-0.05, 0) is 17.7 Å². The number of esters is 1. The number of benzene rings is 2. The average molecular weight is 379 g/mol. The van der Waals surface area contributed by atoms with Crippen LogP contribution in [0.15, 0.2) is 59.7 Å². The van der Waals surface area contributed by atoms with Crippen LogP contribution in [0.2, 0.25) is 0 Å². The number of nitrogens with one attached hydrogen (secondary N) is 1. The molecular formula is C20H17N3O5. The summed E-state index contributed by atoms with van der Waals surface area (Å²) < 4.78 is 10.4. The van der Waals surface area contributed by atoms with Crippen molar-refractivity contribution < 1.29 is 23.9 Å². The van der Waals surface area contributed by atoms with Gasteiger partial charge in [-0.3, -0.25) is 15.0 Å². The molecule has 0 aromatic heterocycles. The topological polar surface area (TPSA) is 97.3 Å². The van der Waals surface area contributed by atoms with Crippen LogP contribution in [0, 0.1) is 5.92 Å². The summed E-state index contributed by atoms with van der Waals surface area (Å²) >= 11 is 0. The van der Waals surface area contributed by atoms with Crippen molar-refractivity contribution in [1.82, 2.24) is 5.43 Å². The molecule has 4 rings (SSSR count). The highest BCUT2D eigenvalue weighted by atomic mass is 16.5. The maximum Gasteiger partial charge on any atom is 0.355 e. The SMILES string of the molecule is COc1cccc(N2C(=O)C3NN=C(C(=O)OCc4ccccc4)C3C2=O)c1. The fourth-order valence-electron chi connectivity index (χ4n) is 3.26. The fourth-order valence-corrected chi connectivity index (χ4v) is 3.26. The molecule has 2 aliphatic rings. The number of hydrazone groups is 1. The van der Waals surface area contributed by atoms with E-state index < -0.39 is 29.7 Å². The summed E-state index contributed by atoms with van der Waals surface area (Å²) in [4.78, 5) is 39.2. The van der Waals surface area contributed by atoms with Gasteiger partial charge in [-0.1, -0.05) is 36.4 Å². The molecule has 8 nitrogen and oxygen atoms in total. The Balaban J connectivity index is 1.52. The molecule has 2 atom stereocenters. The molecule has 1 N–H and O–H groups in total. The van der Waals surface area contributed by atoms with Gasteiger partial charge in [0.1, 0.15) is 24.3 Å². The smallest absolute Gasteiger partial charge is 0.355 e. The van der Waals surface area contributed by atoms with Crippen LogP contribution >= 0.6 is 0 Å². The standard InChI is InChI=1S/C20H17N3O5/c1-27-14-9-5-8-13(10-14)23-18(24)15-16(19(23)25)21-22-17(15)20(26)28-11-12-6-3-2-4-7-12/h2-10,15-16,21H,11H2,1H3. The Morgan fingerprint density at radius 1 is 1.11 bits per heavy atom. The lowest BCUT2D eigenvalue weighted by Crippen LogP contribution is -2.36. The van der Waals surface area contributed by atoms with Crippen LogP contribution in [-0.4, -0.2) is 36.6 Å². The monoisotopic (exact) mass is 379 g/mol. The van der Waals surface area contributed by atoms with Crippen LogP contribution in [0.5, 0.6) is 5.75 Å². The van der Waals surface area contributed by atoms with Gasteiger partial charge >= 0.3 is 5.97 Å². The first kappa shape index (κ1) is 17.7. The van der Waals surface area contributed by atoms with E-state index >= 15 is 0 Å². The molecule has 1 saturated heterocycles. The number of hydrogen-bond acceptors (Lipinski definition) is 7. The minimum Gasteiger partial charge on any atom is -0.497 e. The van der Waals surface area contributed by atoms with E-state index in [0.717, 1.165) is 10.5 Å². The number of carbonyl (C=O) groups is 3. The van der Waals surface area contributed by atoms with Crippen LogP contribution < -0.4 is 15.1 Å². The number of imide groups is 1. The van der Waals surface area contributed by atoms with Crippen LogP contribution in [0.25, 0.3) is 0 Å². The first-order chi connectivity index (χ1) is 13.6. The number of nitrogens with zero attached hydrogens (tertiary/aromatic N) is 2. The van der Waals surface area contributed by atoms with Gasteiger partial charge in [0, 0.05) is 6.07 Å². The molecule has 2 unspecified atom stereocenters. The minimum absolute atomic E-state index is 0.0534. The average Bonchev–Trinajstić information content (AvgIpc) is 3.27. The van der Waals surface area contributed by atoms with Gasteiger partial charge in [0.25, 0.3) is 5.91 Å². The molecule has 2 aromatic rings. The molecule has 0 spiro atoms. The van der Waals surface area contributed by atoms with Gasteiger partial charge in [0.15, 0.2) is 5.71 Å². The lowest BCUT2D eigenvalue weighted by molar-refractivity contribution is -0.137. The summed E-state index contributed by atoms with van der Waals surface area (Å²) in [5.41, 5.74) is 3.70. The number of ether oxygens (including phenoxy) is 2. The van der Waals surface area contributed by atoms with Crippen LogP contribution in [0.4, 0.5) is 5.69 Å². The van der Waals surface area contributed by atoms with Crippen LogP contribution in [-0.2, 0) is 25.7 Å². The molecule has 0 radical (unpaired) electrons. The number of anilines is 1. The Morgan fingerprint density at radius 2 is 1.89 bits per heavy atom. The first-order valence-corrected chi connectivity index (χ1v) is 8.66. The highest BCUT2D eigenvalue weighted by molar-refractivity contribution is 6.46. The lowest BCUT2D eigenvalue weighted by atomic mass is 9.99. The molecule has 2 amide bonds. The molecule has 142 valence electrons. The number of carbonyl (C=O) groups excluding carboxylic acids is 3. The van der Waals surface area contributed by atoms with Crippen molar-refractivity contribution in [2.24, 2.45) is 11.0 Å². The Kier molecular flexibility index (Phi) is 4.52. The zero-order chi connectivity index (χ0) is 19.7. The van der Waals surface area contributed by atoms with E-state index in [9.17, 15) is 14.4 Å². The Bertz CT molecular complexity index is 973. The van der Waals surface area contributed by atoms with E-state index in [4.69, 9.17) is 9.47 Å². The molecule has 2 heterocycles. The van der Waals surface area contributed by atoms with E-state index in [-0.39, 0.29) is 12.3 Å². The van der Waals surface area contributed by atoms with Crippen molar-refractivity contribution in [3.63, 3.8) is 0 Å². The molecule has 8 heteroatoms. The molecule has 0 saturated carbocycles. The van der Waals surface area contributed by atoms with E-state index in [1.165, 1.54) is 7.11 Å². The second-order valence-corrected chi connectivity index (χ2v) is 6.36. The highest BCUT2D eigenvalue weighted by Gasteiger charge is 2.55. The first-order valence-electron chi connectivity index (χ1n) is 8.66. The van der Waals surface area contributed by atoms with Crippen molar-refractivity contribution in [2.75, 3.05) is 12.0 Å². The van der Waals surface area contributed by atoms with Crippen molar-refractivity contribution in [2.45, 2.75) is 12.6 Å². The van der Waals surface area contributed by atoms with Crippen molar-refractivity contribution in [3.8, 4) is 5.75 Å². The number of hydrogen-bond donors (Lipinski definition) is 1. The van der Waals surface area contributed by atoms with Crippen LogP contribution in [0.1, 0.15) is 5.56 Å². The van der Waals surface area contributed by atoms with Gasteiger partial charge < -0.3 is 9.47 Å². The van der Waals surface area contributed by atoms with Crippen molar-refractivity contribution >= 4 is 29.2 Å². The van der Waals surface area contributed by atoms with Gasteiger partial charge in [-0.2, -0.15) is 5.10 Å². The third-order valence-electron chi connectivity index (χ3n) is 4.66. The number of amides is 2. The van der Waals surface area contributed by atoms with Crippen molar-refractivity contribution in [1.29, 1.82) is 0 Å². The normalized spacial score (nSPS) is 20.5. The van der Waals surface area contributed by atoms with Gasteiger partial charge in [-0.15, -0.1) is 0 Å². The maximum absolute atomic E-state index is 12.9. The predicted octanol–water partition coefficient (Wildman–Crippen LogP) is 1.26. The predicted molar refractivity (Wildman–Crippen MR) is 99.6 cm³/mol. The number of rotatable bonds is 5. The Morgan fingerprint density at radius 3 is 2.64 bits per heavy atom. The summed E-state index contributed by atoms with van der Waals surface area (Å²) in [5, 5.41) is 3.89. The van der Waals surface area contributed by atoms with Gasteiger partial charge in [0.05, 0.1) is 12.8 Å². The highest BCUT2D eigenvalue weighted by Crippen LogP contribution is 2.32. The molecule has 2 aliphatic heterocycles. The summed E-state index contributed by atoms with van der Waals surface area (Å²) in [6, 6.07) is 14.8. The maximum atomic E-state index is 12.9. The Labute approximate surface area is 160 Å². The van der Waals surface area contributed by atoms with E-state index in [2.05, 4.69) is 10.5 Å². The third kappa shape index (κ3) is 2.98. The minimum atomic E-state index is -1.01. The second kappa shape index (κ2) is 7.15. The third-order valence-corrected chi connectivity index (χ3v) is 4.66. The zero-order valence-corrected chi connectivity index (χ0v) is 15.0. The fraction of sp³-hybridized carbons (Fsp3) is 0.200. The molecule has 28 heavy (non-hydrogen) atoms. The Hall–Kier alpha value is -3.68. The zero-order valence-electron chi connectivity index (χ0n) is 15.0. The second-order valence-electron chi connectivity index (χ2n) is 6.36. The molecule has 0 bridgehead atoms. The summed E-state index contributed by atoms with van der Waals surface area (Å²) in [7, 11) is 1.50. The summed E-state index contributed by atoms with van der Waals surface area (Å²) in [6.45, 7) is 0.0534. The molecule has 2 aromatic carbocycles. The van der Waals surface area contributed by atoms with E-state index in [0.29, 0.717) is 11.4 Å². The molecular weight excluding hydrogens is 362 g/mol. The van der Waals surface area contributed by atoms with Crippen LogP contribution in [0.3, 0.4) is 0 Å². The quantitative estimate of drug-likeness (QED) is 0.620. The van der Waals surface area contributed by atoms with Gasteiger partial charge in [-0.25, -0.2) is 9.69 Å². The van der Waals surface area contributed by atoms with E-state index in [1.54, 1.807) is 24.3 Å². The summed E-state index contributed by atoms with van der Waals surface area (Å²) in [6.07, 6.45) is 0.